The van der Waals surface area contributed by atoms with E-state index < -0.39 is 0 Å². The van der Waals surface area contributed by atoms with Crippen molar-refractivity contribution < 1.29 is 9.47 Å². The van der Waals surface area contributed by atoms with Gasteiger partial charge in [0.05, 0.1) is 32.1 Å². The van der Waals surface area contributed by atoms with E-state index in [4.69, 9.17) is 9.47 Å². The Kier molecular flexibility index (Phi) is 5.99. The van der Waals surface area contributed by atoms with Crippen LogP contribution in [0.25, 0.3) is 5.69 Å². The molecule has 1 aliphatic rings. The summed E-state index contributed by atoms with van der Waals surface area (Å²) in [4.78, 5) is 11.4. The van der Waals surface area contributed by atoms with Crippen LogP contribution >= 0.6 is 0 Å². The summed E-state index contributed by atoms with van der Waals surface area (Å²) in [6.07, 6.45) is 8.14. The number of rotatable bonds is 7. The molecule has 4 rings (SSSR count). The van der Waals surface area contributed by atoms with Crippen LogP contribution in [0, 0.1) is 0 Å². The minimum Gasteiger partial charge on any atom is -0.497 e. The van der Waals surface area contributed by atoms with E-state index in [1.165, 1.54) is 0 Å². The van der Waals surface area contributed by atoms with Gasteiger partial charge >= 0.3 is 0 Å². The Morgan fingerprint density at radius 3 is 2.75 bits per heavy atom. The van der Waals surface area contributed by atoms with Crippen LogP contribution in [0.2, 0.25) is 0 Å². The summed E-state index contributed by atoms with van der Waals surface area (Å²) in [5.74, 6) is 1.89. The van der Waals surface area contributed by atoms with Crippen LogP contribution in [0.5, 0.6) is 5.75 Å². The lowest BCUT2D eigenvalue weighted by Crippen LogP contribution is -2.39. The van der Waals surface area contributed by atoms with Crippen molar-refractivity contribution in [2.75, 3.05) is 20.2 Å². The largest absolute Gasteiger partial charge is 0.497 e. The molecule has 0 N–H and O–H groups in total. The average Bonchev–Trinajstić information content (AvgIpc) is 3.21. The van der Waals surface area contributed by atoms with Crippen molar-refractivity contribution in [3.05, 3.63) is 72.6 Å². The number of benzene rings is 1. The minimum atomic E-state index is 0.236. The Balaban J connectivity index is 1.37. The lowest BCUT2D eigenvalue weighted by Gasteiger charge is -2.32. The fourth-order valence-electron chi connectivity index (χ4n) is 3.61. The van der Waals surface area contributed by atoms with E-state index in [9.17, 15) is 0 Å². The van der Waals surface area contributed by atoms with Gasteiger partial charge in [0.25, 0.3) is 0 Å². The van der Waals surface area contributed by atoms with Crippen molar-refractivity contribution in [1.29, 1.82) is 0 Å². The highest BCUT2D eigenvalue weighted by Gasteiger charge is 2.22. The zero-order valence-corrected chi connectivity index (χ0v) is 16.2. The molecule has 2 aromatic heterocycles. The highest BCUT2D eigenvalue weighted by atomic mass is 16.5. The molecule has 1 unspecified atom stereocenters. The van der Waals surface area contributed by atoms with Gasteiger partial charge < -0.3 is 14.0 Å². The molecular formula is C22H26N4O2. The molecule has 0 amide bonds. The third-order valence-corrected chi connectivity index (χ3v) is 5.09. The molecule has 3 heterocycles. The van der Waals surface area contributed by atoms with E-state index >= 15 is 0 Å². The van der Waals surface area contributed by atoms with Gasteiger partial charge in [0, 0.05) is 30.8 Å². The van der Waals surface area contributed by atoms with Crippen molar-refractivity contribution in [2.24, 2.45) is 0 Å². The summed E-state index contributed by atoms with van der Waals surface area (Å²) >= 11 is 0. The topological polar surface area (TPSA) is 52.4 Å². The Labute approximate surface area is 165 Å². The van der Waals surface area contributed by atoms with Crippen molar-refractivity contribution in [2.45, 2.75) is 32.1 Å². The lowest BCUT2D eigenvalue weighted by molar-refractivity contribution is -0.0139. The van der Waals surface area contributed by atoms with Crippen LogP contribution in [0.4, 0.5) is 0 Å². The number of ether oxygens (including phenoxy) is 2. The molecule has 6 heteroatoms. The number of aromatic nitrogens is 3. The van der Waals surface area contributed by atoms with Gasteiger partial charge in [-0.05, 0) is 55.8 Å². The zero-order chi connectivity index (χ0) is 19.2. The fraction of sp³-hybridized carbons (Fsp3) is 0.364. The number of hydrogen-bond donors (Lipinski definition) is 0. The summed E-state index contributed by atoms with van der Waals surface area (Å²) in [5.41, 5.74) is 2.07. The van der Waals surface area contributed by atoms with Gasteiger partial charge in [-0.3, -0.25) is 9.88 Å². The maximum absolute atomic E-state index is 6.11. The predicted molar refractivity (Wildman–Crippen MR) is 107 cm³/mol. The third kappa shape index (κ3) is 4.58. The second-order valence-corrected chi connectivity index (χ2v) is 7.04. The van der Waals surface area contributed by atoms with Crippen LogP contribution in [0.15, 0.2) is 61.1 Å². The number of methoxy groups -OCH3 is 1. The van der Waals surface area contributed by atoms with Crippen molar-refractivity contribution in [3.63, 3.8) is 0 Å². The molecule has 0 spiro atoms. The summed E-state index contributed by atoms with van der Waals surface area (Å²) in [6.45, 7) is 3.36. The highest BCUT2D eigenvalue weighted by molar-refractivity contribution is 5.38. The van der Waals surface area contributed by atoms with Crippen LogP contribution in [0.3, 0.4) is 0 Å². The Morgan fingerprint density at radius 2 is 1.96 bits per heavy atom. The summed E-state index contributed by atoms with van der Waals surface area (Å²) < 4.78 is 13.5. The number of nitrogens with zero attached hydrogens (tertiary/aromatic N) is 4. The van der Waals surface area contributed by atoms with Crippen LogP contribution in [-0.4, -0.2) is 45.7 Å². The monoisotopic (exact) mass is 378 g/mol. The number of hydrogen-bond acceptors (Lipinski definition) is 5. The van der Waals surface area contributed by atoms with Gasteiger partial charge in [-0.1, -0.05) is 6.07 Å². The van der Waals surface area contributed by atoms with E-state index in [2.05, 4.69) is 31.6 Å². The second kappa shape index (κ2) is 8.99. The number of likely N-dealkylation sites (tertiary alicyclic amines) is 1. The van der Waals surface area contributed by atoms with E-state index in [-0.39, 0.29) is 6.10 Å². The Hall–Kier alpha value is -2.70. The predicted octanol–water partition coefficient (Wildman–Crippen LogP) is 3.46. The minimum absolute atomic E-state index is 0.236. The molecule has 1 aromatic carbocycles. The van der Waals surface area contributed by atoms with Gasteiger partial charge in [0.2, 0.25) is 0 Å². The molecule has 1 fully saturated rings. The molecule has 28 heavy (non-hydrogen) atoms. The van der Waals surface area contributed by atoms with Crippen molar-refractivity contribution in [3.8, 4) is 11.4 Å². The van der Waals surface area contributed by atoms with Gasteiger partial charge in [0.15, 0.2) is 0 Å². The molecule has 1 atom stereocenters. The van der Waals surface area contributed by atoms with E-state index in [0.717, 1.165) is 55.4 Å². The van der Waals surface area contributed by atoms with Crippen LogP contribution in [-0.2, 0) is 17.9 Å². The van der Waals surface area contributed by atoms with Gasteiger partial charge in [-0.15, -0.1) is 0 Å². The summed E-state index contributed by atoms with van der Waals surface area (Å²) in [6, 6.07) is 14.0. The smallest absolute Gasteiger partial charge is 0.127 e. The van der Waals surface area contributed by atoms with Gasteiger partial charge in [-0.2, -0.15) is 0 Å². The standard InChI is InChI=1S/C22H26N4O2/c1-27-20-9-7-19(8-10-20)26-14-12-24-22(26)16-25-13-4-6-21(15-25)28-17-18-5-2-3-11-23-18/h2-3,5,7-12,14,21H,4,6,13,15-17H2,1H3. The highest BCUT2D eigenvalue weighted by Crippen LogP contribution is 2.20. The van der Waals surface area contributed by atoms with E-state index in [1.807, 2.05) is 48.9 Å². The molecule has 0 saturated carbocycles. The SMILES string of the molecule is COc1ccc(-n2ccnc2CN2CCCC(OCc3ccccn3)C2)cc1. The first-order valence-corrected chi connectivity index (χ1v) is 9.72. The first kappa shape index (κ1) is 18.7. The lowest BCUT2D eigenvalue weighted by atomic mass is 10.1. The maximum Gasteiger partial charge on any atom is 0.127 e. The van der Waals surface area contributed by atoms with Gasteiger partial charge in [0.1, 0.15) is 11.6 Å². The molecule has 0 radical (unpaired) electrons. The molecule has 0 aliphatic carbocycles. The van der Waals surface area contributed by atoms with Gasteiger partial charge in [-0.25, -0.2) is 4.98 Å². The first-order valence-electron chi connectivity index (χ1n) is 9.72. The van der Waals surface area contributed by atoms with E-state index in [1.54, 1.807) is 7.11 Å². The number of pyridine rings is 1. The number of piperidine rings is 1. The average molecular weight is 378 g/mol. The summed E-state index contributed by atoms with van der Waals surface area (Å²) in [5, 5.41) is 0. The molecule has 0 bridgehead atoms. The Morgan fingerprint density at radius 1 is 1.07 bits per heavy atom. The molecule has 1 aliphatic heterocycles. The molecule has 1 saturated heterocycles. The maximum atomic E-state index is 6.11. The number of imidazole rings is 1. The quantitative estimate of drug-likeness (QED) is 0.630. The van der Waals surface area contributed by atoms with E-state index in [0.29, 0.717) is 6.61 Å². The third-order valence-electron chi connectivity index (χ3n) is 5.09. The molecule has 146 valence electrons. The van der Waals surface area contributed by atoms with Crippen molar-refractivity contribution >= 4 is 0 Å². The van der Waals surface area contributed by atoms with Crippen LogP contribution in [0.1, 0.15) is 24.4 Å². The normalized spacial score (nSPS) is 17.5. The Bertz CT molecular complexity index is 864. The molecule has 3 aromatic rings. The van der Waals surface area contributed by atoms with Crippen molar-refractivity contribution in [1.82, 2.24) is 19.4 Å². The van der Waals surface area contributed by atoms with Crippen LogP contribution < -0.4 is 4.74 Å². The fourth-order valence-corrected chi connectivity index (χ4v) is 3.61. The first-order chi connectivity index (χ1) is 13.8. The molecular weight excluding hydrogens is 352 g/mol. The second-order valence-electron chi connectivity index (χ2n) is 7.04. The summed E-state index contributed by atoms with van der Waals surface area (Å²) in [7, 11) is 1.68. The molecule has 6 nitrogen and oxygen atoms in total. The zero-order valence-electron chi connectivity index (χ0n) is 16.2.